The van der Waals surface area contributed by atoms with Crippen LogP contribution in [0.4, 0.5) is 0 Å². The number of nitrogens with zero attached hydrogens (tertiary/aromatic N) is 10. The molecule has 12 heteroatoms. The van der Waals surface area contributed by atoms with Crippen LogP contribution in [0.5, 0.6) is 0 Å². The van der Waals surface area contributed by atoms with Gasteiger partial charge in [-0.3, -0.25) is 4.99 Å². The molecule has 0 radical (unpaired) electrons. The number of aryl methyl sites for hydroxylation is 4. The Labute approximate surface area is 276 Å². The lowest BCUT2D eigenvalue weighted by molar-refractivity contribution is 0.616. The van der Waals surface area contributed by atoms with Gasteiger partial charge >= 0.3 is 0 Å². The maximum atomic E-state index is 5.32. The van der Waals surface area contributed by atoms with E-state index in [2.05, 4.69) is 63.5 Å². The van der Waals surface area contributed by atoms with E-state index in [0.29, 0.717) is 0 Å². The first-order chi connectivity index (χ1) is 23.4. The maximum absolute atomic E-state index is 5.32. The molecule has 0 spiro atoms. The number of fused-ring (bicyclic) bond motifs is 6. The third-order valence-corrected chi connectivity index (χ3v) is 9.31. The van der Waals surface area contributed by atoms with Gasteiger partial charge < -0.3 is 28.6 Å². The summed E-state index contributed by atoms with van der Waals surface area (Å²) >= 11 is 0. The lowest BCUT2D eigenvalue weighted by Crippen LogP contribution is -2.35. The van der Waals surface area contributed by atoms with Crippen LogP contribution in [-0.2, 0) is 28.2 Å². The first-order valence-corrected chi connectivity index (χ1v) is 15.8. The van der Waals surface area contributed by atoms with Gasteiger partial charge in [-0.2, -0.15) is 0 Å². The van der Waals surface area contributed by atoms with Gasteiger partial charge in [0.1, 0.15) is 23.3 Å². The van der Waals surface area contributed by atoms with Crippen molar-refractivity contribution in [1.29, 1.82) is 0 Å². The Hall–Kier alpha value is -6.30. The number of rotatable bonds is 4. The Morgan fingerprint density at radius 3 is 1.73 bits per heavy atom. The Morgan fingerprint density at radius 2 is 1.15 bits per heavy atom. The van der Waals surface area contributed by atoms with E-state index in [-0.39, 0.29) is 12.0 Å². The van der Waals surface area contributed by atoms with Crippen molar-refractivity contribution >= 4 is 28.1 Å². The molecular weight excluding hydrogens is 600 g/mol. The summed E-state index contributed by atoms with van der Waals surface area (Å²) in [6, 6.07) is 4.03. The topological polar surface area (TPSA) is 124 Å². The van der Waals surface area contributed by atoms with Crippen molar-refractivity contribution in [3.05, 3.63) is 150 Å². The summed E-state index contributed by atoms with van der Waals surface area (Å²) in [5.41, 5.74) is 8.71. The molecule has 8 bridgehead atoms. The van der Waals surface area contributed by atoms with Crippen LogP contribution in [0.3, 0.4) is 0 Å². The lowest BCUT2D eigenvalue weighted by Gasteiger charge is -2.24. The van der Waals surface area contributed by atoms with Crippen molar-refractivity contribution in [1.82, 2.24) is 48.5 Å². The number of hydrogen-bond donors (Lipinski definition) is 2. The molecular formula is C36H32N12. The molecule has 4 aliphatic heterocycles. The number of nitrogens with one attached hydrogen (secondary N) is 2. The molecule has 0 saturated heterocycles. The van der Waals surface area contributed by atoms with Crippen LogP contribution in [-0.4, -0.2) is 60.7 Å². The molecule has 5 aromatic heterocycles. The summed E-state index contributed by atoms with van der Waals surface area (Å²) in [4.78, 5) is 33.4. The Morgan fingerprint density at radius 1 is 0.583 bits per heavy atom. The fraction of sp³-hybridized carbons (Fsp3) is 0.167. The monoisotopic (exact) mass is 632 g/mol. The number of H-pyrrole nitrogens is 1. The molecule has 0 aliphatic carbocycles. The molecule has 2 unspecified atom stereocenters. The van der Waals surface area contributed by atoms with Gasteiger partial charge in [-0.05, 0) is 42.5 Å². The second-order valence-electron chi connectivity index (χ2n) is 12.3. The van der Waals surface area contributed by atoms with E-state index in [9.17, 15) is 0 Å². The molecule has 4 aliphatic rings. The Balaban J connectivity index is 1.34. The Kier molecular flexibility index (Phi) is 6.19. The fourth-order valence-corrected chi connectivity index (χ4v) is 6.94. The average molecular weight is 633 g/mol. The van der Waals surface area contributed by atoms with Crippen molar-refractivity contribution in [2.75, 3.05) is 0 Å². The van der Waals surface area contributed by atoms with Crippen molar-refractivity contribution in [2.24, 2.45) is 38.2 Å². The second-order valence-corrected chi connectivity index (χ2v) is 12.3. The number of aromatic nitrogens is 9. The van der Waals surface area contributed by atoms with E-state index < -0.39 is 0 Å². The van der Waals surface area contributed by atoms with Gasteiger partial charge in [0.2, 0.25) is 0 Å². The highest BCUT2D eigenvalue weighted by atomic mass is 15.1. The van der Waals surface area contributed by atoms with Crippen LogP contribution in [0.1, 0.15) is 40.6 Å². The quantitative estimate of drug-likeness (QED) is 0.307. The predicted molar refractivity (Wildman–Crippen MR) is 185 cm³/mol. The number of aromatic amines is 1. The number of imidazole rings is 4. The van der Waals surface area contributed by atoms with Gasteiger partial charge in [0, 0.05) is 83.5 Å². The highest BCUT2D eigenvalue weighted by molar-refractivity contribution is 6.31. The molecule has 9 heterocycles. The van der Waals surface area contributed by atoms with Crippen LogP contribution in [0.25, 0.3) is 16.7 Å². The first kappa shape index (κ1) is 28.0. The second kappa shape index (κ2) is 10.6. The van der Waals surface area contributed by atoms with Crippen molar-refractivity contribution in [2.45, 2.75) is 12.0 Å². The zero-order valence-electron chi connectivity index (χ0n) is 26.9. The third kappa shape index (κ3) is 4.29. The smallest absolute Gasteiger partial charge is 0.143 e. The standard InChI is InChI=1S/C36H32N12/c1-45-17-13-37-33(45)29-21-5-7-23(41-21)30(34-38-14-18-46(34)2)25-9-11-27(43-25)32(36-40-16-20-48(36)4)28-12-10-26(44-28)31(24-8-6-22(29)42-24)35-39-15-19-47(35)3/h5-21,29,41,44H,1-4H3/b30-23+,31-24+,32-27+. The summed E-state index contributed by atoms with van der Waals surface area (Å²) in [6.45, 7) is 0. The van der Waals surface area contributed by atoms with Gasteiger partial charge in [0.15, 0.2) is 0 Å². The molecule has 9 rings (SSSR count). The summed E-state index contributed by atoms with van der Waals surface area (Å²) in [6.07, 6.45) is 27.7. The van der Waals surface area contributed by atoms with Gasteiger partial charge in [-0.15, -0.1) is 0 Å². The molecule has 5 aromatic rings. The van der Waals surface area contributed by atoms with Crippen LogP contribution < -0.4 is 5.32 Å². The molecule has 0 amide bonds. The van der Waals surface area contributed by atoms with Crippen molar-refractivity contribution in [3.63, 3.8) is 0 Å². The zero-order valence-corrected chi connectivity index (χ0v) is 26.9. The molecule has 236 valence electrons. The minimum Gasteiger partial charge on any atom is -0.377 e. The molecule has 0 saturated carbocycles. The molecule has 0 fully saturated rings. The zero-order chi connectivity index (χ0) is 32.5. The van der Waals surface area contributed by atoms with E-state index in [0.717, 1.165) is 79.9 Å². The van der Waals surface area contributed by atoms with E-state index >= 15 is 0 Å². The van der Waals surface area contributed by atoms with E-state index in [4.69, 9.17) is 29.9 Å². The molecule has 2 atom stereocenters. The summed E-state index contributed by atoms with van der Waals surface area (Å²) < 4.78 is 8.12. The average Bonchev–Trinajstić information content (AvgIpc) is 3.91. The van der Waals surface area contributed by atoms with Gasteiger partial charge in [0.05, 0.1) is 62.9 Å². The normalized spacial score (nSPS) is 24.5. The van der Waals surface area contributed by atoms with E-state index in [1.807, 2.05) is 91.5 Å². The maximum Gasteiger partial charge on any atom is 0.143 e. The minimum absolute atomic E-state index is 0.134. The largest absolute Gasteiger partial charge is 0.377 e. The van der Waals surface area contributed by atoms with Gasteiger partial charge in [0.25, 0.3) is 0 Å². The first-order valence-electron chi connectivity index (χ1n) is 15.8. The number of allylic oxidation sites excluding steroid dienone is 6. The fourth-order valence-electron chi connectivity index (χ4n) is 6.94. The van der Waals surface area contributed by atoms with Crippen LogP contribution in [0.2, 0.25) is 0 Å². The van der Waals surface area contributed by atoms with Gasteiger partial charge in [-0.25, -0.2) is 24.9 Å². The van der Waals surface area contributed by atoms with E-state index in [1.54, 1.807) is 0 Å². The SMILES string of the molecule is Cn1ccnc1/C1=C2\C=CC(N2)C(c2nccn2C)C2=N/C(=C(/c3nccn3C)c3ccc([nH]3)/C(c3nccn3C)=C3/C=CC1=N3)C=C2. The predicted octanol–water partition coefficient (Wildman–Crippen LogP) is 4.23. The molecule has 48 heavy (non-hydrogen) atoms. The van der Waals surface area contributed by atoms with Crippen LogP contribution >= 0.6 is 0 Å². The summed E-state index contributed by atoms with van der Waals surface area (Å²) in [5.74, 6) is 3.14. The Bertz CT molecular complexity index is 2380. The molecule has 2 N–H and O–H groups in total. The summed E-state index contributed by atoms with van der Waals surface area (Å²) in [5, 5.41) is 3.83. The number of aliphatic imine (C=N–C) groups is 2. The highest BCUT2D eigenvalue weighted by Crippen LogP contribution is 2.38. The van der Waals surface area contributed by atoms with Crippen LogP contribution in [0, 0.1) is 0 Å². The van der Waals surface area contributed by atoms with Crippen molar-refractivity contribution < 1.29 is 0 Å². The molecule has 0 aromatic carbocycles. The lowest BCUT2D eigenvalue weighted by atomic mass is 9.94. The van der Waals surface area contributed by atoms with Gasteiger partial charge in [-0.1, -0.05) is 6.08 Å². The minimum atomic E-state index is -0.184. The van der Waals surface area contributed by atoms with E-state index in [1.165, 1.54) is 0 Å². The highest BCUT2D eigenvalue weighted by Gasteiger charge is 2.35. The number of hydrogen-bond acceptors (Lipinski definition) is 7. The summed E-state index contributed by atoms with van der Waals surface area (Å²) in [7, 11) is 8.02. The molecule has 12 nitrogen and oxygen atoms in total. The van der Waals surface area contributed by atoms with Crippen LogP contribution in [0.15, 0.2) is 125 Å². The van der Waals surface area contributed by atoms with Crippen molar-refractivity contribution in [3.8, 4) is 0 Å². The third-order valence-electron chi connectivity index (χ3n) is 9.31.